The van der Waals surface area contributed by atoms with Crippen molar-refractivity contribution in [2.75, 3.05) is 19.0 Å². The van der Waals surface area contributed by atoms with Crippen molar-refractivity contribution in [3.8, 4) is 0 Å². The van der Waals surface area contributed by atoms with Gasteiger partial charge in [0.1, 0.15) is 0 Å². The first-order chi connectivity index (χ1) is 8.16. The van der Waals surface area contributed by atoms with E-state index in [0.29, 0.717) is 0 Å². The summed E-state index contributed by atoms with van der Waals surface area (Å²) < 4.78 is 1.85. The summed E-state index contributed by atoms with van der Waals surface area (Å²) in [5.41, 5.74) is 3.50. The lowest BCUT2D eigenvalue weighted by atomic mass is 10.2. The molecule has 0 saturated heterocycles. The van der Waals surface area contributed by atoms with E-state index in [0.717, 1.165) is 5.69 Å². The van der Waals surface area contributed by atoms with E-state index >= 15 is 0 Å². The number of rotatable bonds is 3. The lowest BCUT2D eigenvalue weighted by molar-refractivity contribution is 0.760. The average molecular weight is 227 g/mol. The minimum absolute atomic E-state index is 1.10. The maximum atomic E-state index is 4.12. The highest BCUT2D eigenvalue weighted by Gasteiger charge is 1.95. The van der Waals surface area contributed by atoms with E-state index in [4.69, 9.17) is 0 Å². The zero-order valence-corrected chi connectivity index (χ0v) is 10.5. The van der Waals surface area contributed by atoms with E-state index in [2.05, 4.69) is 46.4 Å². The van der Waals surface area contributed by atoms with Gasteiger partial charge in [-0.15, -0.1) is 0 Å². The minimum Gasteiger partial charge on any atom is -0.378 e. The first-order valence-corrected chi connectivity index (χ1v) is 5.60. The van der Waals surface area contributed by atoms with Crippen LogP contribution in [-0.2, 0) is 7.05 Å². The topological polar surface area (TPSA) is 21.1 Å². The molecule has 1 aromatic carbocycles. The zero-order valence-electron chi connectivity index (χ0n) is 10.5. The standard InChI is InChI=1S/C14H17N3/c1-16(2)13-7-4-12(5-8-13)6-9-14-10-11-15-17(14)3/h4-11H,1-3H3/b9-6+. The molecule has 0 aliphatic heterocycles. The van der Waals surface area contributed by atoms with Gasteiger partial charge in [0.15, 0.2) is 0 Å². The molecule has 1 aromatic heterocycles. The van der Waals surface area contributed by atoms with Crippen LogP contribution in [0.4, 0.5) is 5.69 Å². The predicted molar refractivity (Wildman–Crippen MR) is 72.9 cm³/mol. The van der Waals surface area contributed by atoms with Crippen molar-refractivity contribution in [1.82, 2.24) is 9.78 Å². The molecule has 0 aliphatic rings. The van der Waals surface area contributed by atoms with E-state index in [1.165, 1.54) is 11.3 Å². The van der Waals surface area contributed by atoms with E-state index in [1.807, 2.05) is 31.9 Å². The number of hydrogen-bond donors (Lipinski definition) is 0. The fourth-order valence-corrected chi connectivity index (χ4v) is 1.61. The Labute approximate surface area is 102 Å². The van der Waals surface area contributed by atoms with Gasteiger partial charge in [0.05, 0.1) is 5.69 Å². The van der Waals surface area contributed by atoms with Gasteiger partial charge in [-0.05, 0) is 29.8 Å². The second-order valence-corrected chi connectivity index (χ2v) is 4.20. The lowest BCUT2D eigenvalue weighted by Crippen LogP contribution is -2.07. The van der Waals surface area contributed by atoms with Crippen LogP contribution in [0.2, 0.25) is 0 Å². The Hall–Kier alpha value is -2.03. The summed E-state index contributed by atoms with van der Waals surface area (Å²) in [6.07, 6.45) is 5.96. The molecule has 0 saturated carbocycles. The summed E-state index contributed by atoms with van der Waals surface area (Å²) >= 11 is 0. The number of nitrogens with zero attached hydrogens (tertiary/aromatic N) is 3. The first kappa shape index (κ1) is 11.5. The third kappa shape index (κ3) is 2.75. The Bertz CT molecular complexity index is 507. The summed E-state index contributed by atoms with van der Waals surface area (Å²) in [7, 11) is 6.02. The Morgan fingerprint density at radius 1 is 1.06 bits per heavy atom. The van der Waals surface area contributed by atoms with E-state index < -0.39 is 0 Å². The highest BCUT2D eigenvalue weighted by atomic mass is 15.2. The highest BCUT2D eigenvalue weighted by molar-refractivity contribution is 5.69. The van der Waals surface area contributed by atoms with Crippen LogP contribution in [-0.4, -0.2) is 23.9 Å². The van der Waals surface area contributed by atoms with Gasteiger partial charge in [-0.25, -0.2) is 0 Å². The van der Waals surface area contributed by atoms with Crippen LogP contribution < -0.4 is 4.90 Å². The lowest BCUT2D eigenvalue weighted by Gasteiger charge is -2.11. The quantitative estimate of drug-likeness (QED) is 0.803. The van der Waals surface area contributed by atoms with Gasteiger partial charge in [0, 0.05) is 33.0 Å². The molecule has 0 unspecified atom stereocenters. The van der Waals surface area contributed by atoms with Crippen LogP contribution in [0.1, 0.15) is 11.3 Å². The molecule has 0 bridgehead atoms. The van der Waals surface area contributed by atoms with Gasteiger partial charge in [-0.2, -0.15) is 5.10 Å². The molecule has 0 fully saturated rings. The van der Waals surface area contributed by atoms with Crippen molar-refractivity contribution >= 4 is 17.8 Å². The fraction of sp³-hybridized carbons (Fsp3) is 0.214. The maximum absolute atomic E-state index is 4.12. The van der Waals surface area contributed by atoms with Crippen molar-refractivity contribution in [3.63, 3.8) is 0 Å². The smallest absolute Gasteiger partial charge is 0.0606 e. The molecule has 3 heteroatoms. The molecule has 0 atom stereocenters. The molecule has 3 nitrogen and oxygen atoms in total. The Kier molecular flexibility index (Phi) is 3.28. The summed E-state index contributed by atoms with van der Waals surface area (Å²) in [5, 5.41) is 4.12. The van der Waals surface area contributed by atoms with Crippen LogP contribution in [0.25, 0.3) is 12.2 Å². The van der Waals surface area contributed by atoms with Crippen LogP contribution >= 0.6 is 0 Å². The number of hydrogen-bond acceptors (Lipinski definition) is 2. The summed E-state index contributed by atoms with van der Waals surface area (Å²) in [6, 6.07) is 10.4. The largest absolute Gasteiger partial charge is 0.378 e. The Morgan fingerprint density at radius 2 is 1.76 bits per heavy atom. The van der Waals surface area contributed by atoms with Crippen LogP contribution in [0, 0.1) is 0 Å². The molecule has 0 aliphatic carbocycles. The summed E-state index contributed by atoms with van der Waals surface area (Å²) in [6.45, 7) is 0. The Balaban J connectivity index is 2.14. The van der Waals surface area contributed by atoms with Crippen molar-refractivity contribution in [3.05, 3.63) is 47.8 Å². The van der Waals surface area contributed by atoms with Gasteiger partial charge in [0.2, 0.25) is 0 Å². The normalized spacial score (nSPS) is 11.0. The van der Waals surface area contributed by atoms with Crippen molar-refractivity contribution in [2.45, 2.75) is 0 Å². The summed E-state index contributed by atoms with van der Waals surface area (Å²) in [4.78, 5) is 2.09. The molecule has 2 rings (SSSR count). The molecule has 0 N–H and O–H groups in total. The van der Waals surface area contributed by atoms with Gasteiger partial charge in [0.25, 0.3) is 0 Å². The third-order valence-corrected chi connectivity index (χ3v) is 2.71. The number of aryl methyl sites for hydroxylation is 1. The van der Waals surface area contributed by atoms with Crippen LogP contribution in [0.5, 0.6) is 0 Å². The number of aromatic nitrogens is 2. The van der Waals surface area contributed by atoms with E-state index in [-0.39, 0.29) is 0 Å². The van der Waals surface area contributed by atoms with E-state index in [1.54, 1.807) is 6.20 Å². The Morgan fingerprint density at radius 3 is 2.29 bits per heavy atom. The van der Waals surface area contributed by atoms with Gasteiger partial charge in [-0.1, -0.05) is 18.2 Å². The van der Waals surface area contributed by atoms with Gasteiger partial charge < -0.3 is 4.90 Å². The molecular formula is C14H17N3. The minimum atomic E-state index is 1.10. The summed E-state index contributed by atoms with van der Waals surface area (Å²) in [5.74, 6) is 0. The molecular weight excluding hydrogens is 210 g/mol. The molecule has 1 heterocycles. The van der Waals surface area contributed by atoms with E-state index in [9.17, 15) is 0 Å². The monoisotopic (exact) mass is 227 g/mol. The number of anilines is 1. The van der Waals surface area contributed by atoms with Crippen molar-refractivity contribution < 1.29 is 0 Å². The first-order valence-electron chi connectivity index (χ1n) is 5.60. The van der Waals surface area contributed by atoms with Gasteiger partial charge in [-0.3, -0.25) is 4.68 Å². The average Bonchev–Trinajstić information content (AvgIpc) is 2.73. The molecule has 0 amide bonds. The van der Waals surface area contributed by atoms with Crippen molar-refractivity contribution in [1.29, 1.82) is 0 Å². The molecule has 88 valence electrons. The molecule has 17 heavy (non-hydrogen) atoms. The maximum Gasteiger partial charge on any atom is 0.0606 e. The molecule has 0 spiro atoms. The fourth-order valence-electron chi connectivity index (χ4n) is 1.61. The number of benzene rings is 1. The third-order valence-electron chi connectivity index (χ3n) is 2.71. The van der Waals surface area contributed by atoms with Crippen molar-refractivity contribution in [2.24, 2.45) is 7.05 Å². The van der Waals surface area contributed by atoms with Gasteiger partial charge >= 0.3 is 0 Å². The SMILES string of the molecule is CN(C)c1ccc(/C=C/c2ccnn2C)cc1. The van der Waals surface area contributed by atoms with Crippen LogP contribution in [0.15, 0.2) is 36.5 Å². The van der Waals surface area contributed by atoms with Crippen LogP contribution in [0.3, 0.4) is 0 Å². The second kappa shape index (κ2) is 4.87. The molecule has 0 radical (unpaired) electrons. The molecule has 2 aromatic rings. The zero-order chi connectivity index (χ0) is 12.3. The highest BCUT2D eigenvalue weighted by Crippen LogP contribution is 2.14. The second-order valence-electron chi connectivity index (χ2n) is 4.20. The predicted octanol–water partition coefficient (Wildman–Crippen LogP) is 2.66.